The molecule has 19 heavy (non-hydrogen) atoms. The minimum absolute atomic E-state index is 0.498. The van der Waals surface area contributed by atoms with Gasteiger partial charge in [-0.2, -0.15) is 0 Å². The predicted molar refractivity (Wildman–Crippen MR) is 79.6 cm³/mol. The molecule has 2 atom stereocenters. The van der Waals surface area contributed by atoms with Crippen LogP contribution in [0.1, 0.15) is 31.9 Å². The van der Waals surface area contributed by atoms with Gasteiger partial charge in [-0.3, -0.25) is 4.90 Å². The fourth-order valence-corrected chi connectivity index (χ4v) is 2.82. The Labute approximate surface area is 116 Å². The van der Waals surface area contributed by atoms with Crippen molar-refractivity contribution in [3.63, 3.8) is 0 Å². The van der Waals surface area contributed by atoms with Crippen LogP contribution >= 0.6 is 0 Å². The first-order chi connectivity index (χ1) is 9.24. The zero-order valence-corrected chi connectivity index (χ0v) is 12.4. The molecule has 1 fully saturated rings. The van der Waals surface area contributed by atoms with Gasteiger partial charge in [0, 0.05) is 12.6 Å². The summed E-state index contributed by atoms with van der Waals surface area (Å²) in [5, 5.41) is 3.46. The quantitative estimate of drug-likeness (QED) is 0.853. The van der Waals surface area contributed by atoms with Crippen molar-refractivity contribution < 1.29 is 4.74 Å². The SMILES string of the molecule is CCNCC1CCN(C(C)c2ccc(OC)cc2)C1. The predicted octanol–water partition coefficient (Wildman–Crippen LogP) is 2.69. The molecule has 1 saturated heterocycles. The molecule has 0 saturated carbocycles. The van der Waals surface area contributed by atoms with E-state index in [1.54, 1.807) is 7.11 Å². The van der Waals surface area contributed by atoms with Crippen LogP contribution in [0.25, 0.3) is 0 Å². The molecule has 2 unspecified atom stereocenters. The van der Waals surface area contributed by atoms with E-state index in [-0.39, 0.29) is 0 Å². The molecule has 0 aliphatic carbocycles. The minimum Gasteiger partial charge on any atom is -0.497 e. The topological polar surface area (TPSA) is 24.5 Å². The first-order valence-corrected chi connectivity index (χ1v) is 7.33. The van der Waals surface area contributed by atoms with E-state index in [9.17, 15) is 0 Å². The number of benzene rings is 1. The summed E-state index contributed by atoms with van der Waals surface area (Å²) in [6, 6.07) is 8.97. The smallest absolute Gasteiger partial charge is 0.118 e. The molecule has 0 amide bonds. The molecule has 1 N–H and O–H groups in total. The number of hydrogen-bond donors (Lipinski definition) is 1. The molecule has 106 valence electrons. The number of methoxy groups -OCH3 is 1. The number of nitrogens with one attached hydrogen (secondary N) is 1. The summed E-state index contributed by atoms with van der Waals surface area (Å²) in [6.45, 7) is 9.13. The zero-order valence-electron chi connectivity index (χ0n) is 12.4. The highest BCUT2D eigenvalue weighted by molar-refractivity contribution is 5.29. The Morgan fingerprint density at radius 3 is 2.74 bits per heavy atom. The van der Waals surface area contributed by atoms with E-state index in [0.717, 1.165) is 24.8 Å². The normalized spacial score (nSPS) is 21.5. The highest BCUT2D eigenvalue weighted by Gasteiger charge is 2.26. The van der Waals surface area contributed by atoms with E-state index in [1.807, 2.05) is 0 Å². The van der Waals surface area contributed by atoms with Crippen LogP contribution in [-0.4, -0.2) is 38.2 Å². The number of hydrogen-bond acceptors (Lipinski definition) is 3. The second kappa shape index (κ2) is 6.92. The molecule has 3 heteroatoms. The standard InChI is InChI=1S/C16H26N2O/c1-4-17-11-14-9-10-18(12-14)13(2)15-5-7-16(19-3)8-6-15/h5-8,13-14,17H,4,9-12H2,1-3H3. The van der Waals surface area contributed by atoms with E-state index in [0.29, 0.717) is 6.04 Å². The van der Waals surface area contributed by atoms with Crippen molar-refractivity contribution >= 4 is 0 Å². The molecule has 1 aromatic rings. The number of likely N-dealkylation sites (tertiary alicyclic amines) is 1. The van der Waals surface area contributed by atoms with Crippen LogP contribution in [-0.2, 0) is 0 Å². The van der Waals surface area contributed by atoms with Crippen molar-refractivity contribution in [1.29, 1.82) is 0 Å². The third kappa shape index (κ3) is 3.71. The lowest BCUT2D eigenvalue weighted by molar-refractivity contribution is 0.251. The summed E-state index contributed by atoms with van der Waals surface area (Å²) in [6.07, 6.45) is 1.31. The van der Waals surface area contributed by atoms with Gasteiger partial charge >= 0.3 is 0 Å². The molecule has 3 nitrogen and oxygen atoms in total. The summed E-state index contributed by atoms with van der Waals surface area (Å²) in [5.41, 5.74) is 1.38. The van der Waals surface area contributed by atoms with Crippen LogP contribution in [0.5, 0.6) is 5.75 Å². The Morgan fingerprint density at radius 2 is 2.11 bits per heavy atom. The lowest BCUT2D eigenvalue weighted by atomic mass is 10.1. The highest BCUT2D eigenvalue weighted by atomic mass is 16.5. The molecular weight excluding hydrogens is 236 g/mol. The third-order valence-corrected chi connectivity index (χ3v) is 4.15. The maximum atomic E-state index is 5.21. The average Bonchev–Trinajstić information content (AvgIpc) is 2.93. The van der Waals surface area contributed by atoms with Crippen LogP contribution in [0.3, 0.4) is 0 Å². The van der Waals surface area contributed by atoms with Gasteiger partial charge < -0.3 is 10.1 Å². The van der Waals surface area contributed by atoms with Gasteiger partial charge in [-0.1, -0.05) is 19.1 Å². The fraction of sp³-hybridized carbons (Fsp3) is 0.625. The van der Waals surface area contributed by atoms with Gasteiger partial charge in [-0.25, -0.2) is 0 Å². The molecule has 1 aliphatic rings. The van der Waals surface area contributed by atoms with Gasteiger partial charge in [-0.05, 0) is 56.6 Å². The van der Waals surface area contributed by atoms with Gasteiger partial charge in [-0.15, -0.1) is 0 Å². The lowest BCUT2D eigenvalue weighted by Crippen LogP contribution is -2.28. The molecule has 0 bridgehead atoms. The van der Waals surface area contributed by atoms with Crippen molar-refractivity contribution in [2.24, 2.45) is 5.92 Å². The molecule has 1 aromatic carbocycles. The van der Waals surface area contributed by atoms with Crippen LogP contribution in [0, 0.1) is 5.92 Å². The van der Waals surface area contributed by atoms with Crippen molar-refractivity contribution in [2.45, 2.75) is 26.3 Å². The summed E-state index contributed by atoms with van der Waals surface area (Å²) in [7, 11) is 1.71. The largest absolute Gasteiger partial charge is 0.497 e. The van der Waals surface area contributed by atoms with Crippen molar-refractivity contribution in [3.05, 3.63) is 29.8 Å². The minimum atomic E-state index is 0.498. The second-order valence-corrected chi connectivity index (χ2v) is 5.41. The Hall–Kier alpha value is -1.06. The maximum absolute atomic E-state index is 5.21. The first-order valence-electron chi connectivity index (χ1n) is 7.33. The summed E-state index contributed by atoms with van der Waals surface area (Å²) < 4.78 is 5.21. The van der Waals surface area contributed by atoms with E-state index in [1.165, 1.54) is 25.1 Å². The second-order valence-electron chi connectivity index (χ2n) is 5.41. The van der Waals surface area contributed by atoms with E-state index in [2.05, 4.69) is 48.3 Å². The van der Waals surface area contributed by atoms with E-state index in [4.69, 9.17) is 4.74 Å². The van der Waals surface area contributed by atoms with Gasteiger partial charge in [0.15, 0.2) is 0 Å². The molecule has 0 spiro atoms. The number of rotatable bonds is 6. The fourth-order valence-electron chi connectivity index (χ4n) is 2.82. The molecule has 2 rings (SSSR count). The Kier molecular flexibility index (Phi) is 5.23. The van der Waals surface area contributed by atoms with Crippen LogP contribution in [0.2, 0.25) is 0 Å². The Morgan fingerprint density at radius 1 is 1.37 bits per heavy atom. The maximum Gasteiger partial charge on any atom is 0.118 e. The van der Waals surface area contributed by atoms with Gasteiger partial charge in [0.2, 0.25) is 0 Å². The number of ether oxygens (including phenoxy) is 1. The molecular formula is C16H26N2O. The van der Waals surface area contributed by atoms with Gasteiger partial charge in [0.25, 0.3) is 0 Å². The third-order valence-electron chi connectivity index (χ3n) is 4.15. The zero-order chi connectivity index (χ0) is 13.7. The lowest BCUT2D eigenvalue weighted by Gasteiger charge is -2.25. The van der Waals surface area contributed by atoms with Crippen LogP contribution < -0.4 is 10.1 Å². The first kappa shape index (κ1) is 14.4. The van der Waals surface area contributed by atoms with Gasteiger partial charge in [0.05, 0.1) is 7.11 Å². The summed E-state index contributed by atoms with van der Waals surface area (Å²) in [5.74, 6) is 1.74. The molecule has 1 heterocycles. The van der Waals surface area contributed by atoms with Crippen LogP contribution in [0.15, 0.2) is 24.3 Å². The van der Waals surface area contributed by atoms with Crippen molar-refractivity contribution in [3.8, 4) is 5.75 Å². The van der Waals surface area contributed by atoms with E-state index >= 15 is 0 Å². The summed E-state index contributed by atoms with van der Waals surface area (Å²) in [4.78, 5) is 2.59. The average molecular weight is 262 g/mol. The molecule has 1 aliphatic heterocycles. The Bertz CT molecular complexity index is 377. The highest BCUT2D eigenvalue weighted by Crippen LogP contribution is 2.28. The van der Waals surface area contributed by atoms with Crippen molar-refractivity contribution in [1.82, 2.24) is 10.2 Å². The Balaban J connectivity index is 1.90. The number of nitrogens with zero attached hydrogens (tertiary/aromatic N) is 1. The van der Waals surface area contributed by atoms with E-state index < -0.39 is 0 Å². The molecule has 0 radical (unpaired) electrons. The summed E-state index contributed by atoms with van der Waals surface area (Å²) >= 11 is 0. The monoisotopic (exact) mass is 262 g/mol. The van der Waals surface area contributed by atoms with Gasteiger partial charge in [0.1, 0.15) is 5.75 Å². The molecule has 0 aromatic heterocycles. The van der Waals surface area contributed by atoms with Crippen LogP contribution in [0.4, 0.5) is 0 Å². The van der Waals surface area contributed by atoms with Crippen molar-refractivity contribution in [2.75, 3.05) is 33.3 Å².